The molecule has 2 aromatic heterocycles. The number of hydrogen-bond donors (Lipinski definition) is 0. The zero-order valence-corrected chi connectivity index (χ0v) is 15.8. The molecule has 0 amide bonds. The molecule has 2 heteroatoms. The van der Waals surface area contributed by atoms with Gasteiger partial charge in [-0.3, -0.25) is 4.40 Å². The highest BCUT2D eigenvalue weighted by Crippen LogP contribution is 2.34. The number of hydrogen-bond acceptors (Lipinski definition) is 1. The number of para-hydroxylation sites is 3. The van der Waals surface area contributed by atoms with Gasteiger partial charge in [-0.1, -0.05) is 67.3 Å². The highest BCUT2D eigenvalue weighted by molar-refractivity contribution is 6.14. The van der Waals surface area contributed by atoms with Crippen molar-refractivity contribution in [2.24, 2.45) is 0 Å². The first-order valence-corrected chi connectivity index (χ1v) is 9.49. The maximum absolute atomic E-state index is 4.96. The van der Waals surface area contributed by atoms with Gasteiger partial charge in [0.25, 0.3) is 0 Å². The predicted octanol–water partition coefficient (Wildman–Crippen LogP) is 6.94. The number of pyridine rings is 1. The molecule has 0 atom stereocenters. The number of rotatable bonds is 3. The SMILES string of the molecule is C=C/C=C(\C=C/C)c1ccc2c(c1)c1ccccc1n1c3ccccc3nc21. The topological polar surface area (TPSA) is 17.3 Å². The van der Waals surface area contributed by atoms with Gasteiger partial charge < -0.3 is 0 Å². The molecule has 3 aromatic carbocycles. The van der Waals surface area contributed by atoms with Gasteiger partial charge in [-0.25, -0.2) is 4.98 Å². The van der Waals surface area contributed by atoms with E-state index in [0.717, 1.165) is 27.6 Å². The molecule has 0 unspecified atom stereocenters. The first kappa shape index (κ1) is 16.5. The zero-order chi connectivity index (χ0) is 19.1. The highest BCUT2D eigenvalue weighted by Gasteiger charge is 2.13. The van der Waals surface area contributed by atoms with Crippen LogP contribution in [0.2, 0.25) is 0 Å². The molecule has 0 aliphatic heterocycles. The van der Waals surface area contributed by atoms with Gasteiger partial charge in [-0.05, 0) is 53.8 Å². The summed E-state index contributed by atoms with van der Waals surface area (Å²) in [6, 6.07) is 23.5. The lowest BCUT2D eigenvalue weighted by molar-refractivity contribution is 1.31. The quantitative estimate of drug-likeness (QED) is 0.252. The van der Waals surface area contributed by atoms with Crippen LogP contribution in [0.25, 0.3) is 43.9 Å². The fraction of sp³-hybridized carbons (Fsp3) is 0.0385. The monoisotopic (exact) mass is 360 g/mol. The van der Waals surface area contributed by atoms with Crippen molar-refractivity contribution in [1.29, 1.82) is 0 Å². The maximum Gasteiger partial charge on any atom is 0.146 e. The van der Waals surface area contributed by atoms with Crippen molar-refractivity contribution in [3.05, 3.63) is 103 Å². The fourth-order valence-corrected chi connectivity index (χ4v) is 4.04. The Hall–Kier alpha value is -3.65. The van der Waals surface area contributed by atoms with Crippen molar-refractivity contribution in [3.8, 4) is 0 Å². The average Bonchev–Trinajstić information content (AvgIpc) is 3.13. The summed E-state index contributed by atoms with van der Waals surface area (Å²) in [5.74, 6) is 0. The van der Waals surface area contributed by atoms with Crippen molar-refractivity contribution < 1.29 is 0 Å². The Morgan fingerprint density at radius 3 is 2.50 bits per heavy atom. The van der Waals surface area contributed by atoms with Crippen molar-refractivity contribution in [2.45, 2.75) is 6.92 Å². The molecule has 0 radical (unpaired) electrons. The van der Waals surface area contributed by atoms with Crippen molar-refractivity contribution in [3.63, 3.8) is 0 Å². The van der Waals surface area contributed by atoms with Crippen LogP contribution in [0.4, 0.5) is 0 Å². The Labute approximate surface area is 163 Å². The first-order valence-electron chi connectivity index (χ1n) is 9.49. The summed E-state index contributed by atoms with van der Waals surface area (Å²) in [6.45, 7) is 5.90. The van der Waals surface area contributed by atoms with Crippen molar-refractivity contribution in [2.75, 3.05) is 0 Å². The van der Waals surface area contributed by atoms with E-state index in [1.54, 1.807) is 0 Å². The van der Waals surface area contributed by atoms with Gasteiger partial charge in [0.1, 0.15) is 5.65 Å². The van der Waals surface area contributed by atoms with Gasteiger partial charge in [0.2, 0.25) is 0 Å². The summed E-state index contributed by atoms with van der Waals surface area (Å²) in [7, 11) is 0. The van der Waals surface area contributed by atoms with Crippen LogP contribution < -0.4 is 0 Å². The van der Waals surface area contributed by atoms with Crippen LogP contribution in [0, 0.1) is 0 Å². The van der Waals surface area contributed by atoms with Crippen LogP contribution in [0.5, 0.6) is 0 Å². The summed E-state index contributed by atoms with van der Waals surface area (Å²) in [5, 5.41) is 3.61. The van der Waals surface area contributed by atoms with Gasteiger partial charge in [-0.2, -0.15) is 0 Å². The highest BCUT2D eigenvalue weighted by atomic mass is 15.0. The second-order valence-electron chi connectivity index (χ2n) is 6.89. The Balaban J connectivity index is 1.97. The summed E-state index contributed by atoms with van der Waals surface area (Å²) < 4.78 is 2.28. The van der Waals surface area contributed by atoms with E-state index >= 15 is 0 Å². The van der Waals surface area contributed by atoms with Crippen LogP contribution in [-0.4, -0.2) is 9.38 Å². The van der Waals surface area contributed by atoms with Crippen LogP contribution in [0.3, 0.4) is 0 Å². The van der Waals surface area contributed by atoms with Crippen LogP contribution >= 0.6 is 0 Å². The minimum absolute atomic E-state index is 1.00. The van der Waals surface area contributed by atoms with E-state index in [4.69, 9.17) is 4.98 Å². The molecule has 2 heterocycles. The lowest BCUT2D eigenvalue weighted by Crippen LogP contribution is -1.92. The molecule has 28 heavy (non-hydrogen) atoms. The van der Waals surface area contributed by atoms with E-state index in [1.165, 1.54) is 21.9 Å². The van der Waals surface area contributed by atoms with Gasteiger partial charge in [0.15, 0.2) is 0 Å². The van der Waals surface area contributed by atoms with E-state index in [1.807, 2.05) is 25.1 Å². The molecule has 0 fully saturated rings. The van der Waals surface area contributed by atoms with Crippen LogP contribution in [-0.2, 0) is 0 Å². The Morgan fingerprint density at radius 2 is 1.68 bits per heavy atom. The third-order valence-corrected chi connectivity index (χ3v) is 5.23. The normalized spacial score (nSPS) is 12.7. The van der Waals surface area contributed by atoms with E-state index in [-0.39, 0.29) is 0 Å². The van der Waals surface area contributed by atoms with Gasteiger partial charge >= 0.3 is 0 Å². The van der Waals surface area contributed by atoms with E-state index in [2.05, 4.69) is 83.8 Å². The smallest absolute Gasteiger partial charge is 0.146 e. The third kappa shape index (κ3) is 2.39. The first-order chi connectivity index (χ1) is 13.8. The number of fused-ring (bicyclic) bond motifs is 8. The van der Waals surface area contributed by atoms with Gasteiger partial charge in [0, 0.05) is 10.8 Å². The Morgan fingerprint density at radius 1 is 0.893 bits per heavy atom. The molecule has 0 saturated carbocycles. The maximum atomic E-state index is 4.96. The second-order valence-corrected chi connectivity index (χ2v) is 6.89. The largest absolute Gasteiger partial charge is 0.292 e. The second kappa shape index (κ2) is 6.50. The molecule has 2 nitrogen and oxygen atoms in total. The minimum Gasteiger partial charge on any atom is -0.292 e. The minimum atomic E-state index is 1.00. The summed E-state index contributed by atoms with van der Waals surface area (Å²) in [5.41, 5.74) is 6.66. The number of aromatic nitrogens is 2. The number of allylic oxidation sites excluding steroid dienone is 5. The van der Waals surface area contributed by atoms with Crippen molar-refractivity contribution >= 4 is 43.9 Å². The summed E-state index contributed by atoms with van der Waals surface area (Å²) in [6.07, 6.45) is 8.06. The molecular formula is C26H20N2. The number of nitrogens with zero attached hydrogens (tertiary/aromatic N) is 2. The van der Waals surface area contributed by atoms with E-state index in [0.29, 0.717) is 0 Å². The third-order valence-electron chi connectivity index (χ3n) is 5.23. The molecule has 0 N–H and O–H groups in total. The number of benzene rings is 3. The molecule has 5 rings (SSSR count). The standard InChI is InChI=1S/C26H20N2/c1-3-9-18(10-4-2)19-15-16-21-22(17-19)20-11-5-7-13-24(20)28-25-14-8-6-12-23(25)27-26(21)28/h3-17H,1H2,2H3/b10-4-,18-9+. The molecule has 0 saturated heterocycles. The molecule has 0 bridgehead atoms. The van der Waals surface area contributed by atoms with Crippen molar-refractivity contribution in [1.82, 2.24) is 9.38 Å². The summed E-state index contributed by atoms with van der Waals surface area (Å²) in [4.78, 5) is 4.96. The van der Waals surface area contributed by atoms with E-state index in [9.17, 15) is 0 Å². The lowest BCUT2D eigenvalue weighted by atomic mass is 9.98. The number of imidazole rings is 1. The Bertz CT molecular complexity index is 1430. The zero-order valence-electron chi connectivity index (χ0n) is 15.8. The Kier molecular flexibility index (Phi) is 3.84. The van der Waals surface area contributed by atoms with Crippen LogP contribution in [0.1, 0.15) is 12.5 Å². The molecule has 0 spiro atoms. The van der Waals surface area contributed by atoms with Crippen LogP contribution in [0.15, 0.2) is 97.6 Å². The summed E-state index contributed by atoms with van der Waals surface area (Å²) >= 11 is 0. The van der Waals surface area contributed by atoms with Gasteiger partial charge in [-0.15, -0.1) is 0 Å². The lowest BCUT2D eigenvalue weighted by Gasteiger charge is -2.11. The average molecular weight is 360 g/mol. The molecular weight excluding hydrogens is 340 g/mol. The molecule has 0 aliphatic rings. The fourth-order valence-electron chi connectivity index (χ4n) is 4.04. The predicted molar refractivity (Wildman–Crippen MR) is 121 cm³/mol. The molecule has 5 aromatic rings. The van der Waals surface area contributed by atoms with E-state index < -0.39 is 0 Å². The van der Waals surface area contributed by atoms with Gasteiger partial charge in [0.05, 0.1) is 16.6 Å². The molecule has 134 valence electrons. The molecule has 0 aliphatic carbocycles.